The first kappa shape index (κ1) is 11.9. The lowest BCUT2D eigenvalue weighted by atomic mass is 10.2. The van der Waals surface area contributed by atoms with Crippen molar-refractivity contribution in [2.75, 3.05) is 6.61 Å². The van der Waals surface area contributed by atoms with E-state index < -0.39 is 10.4 Å². The molecule has 0 aliphatic rings. The van der Waals surface area contributed by atoms with Gasteiger partial charge in [0.15, 0.2) is 0 Å². The van der Waals surface area contributed by atoms with Crippen LogP contribution in [-0.4, -0.2) is 28.1 Å². The Hall–Kier alpha value is -0.0900. The highest BCUT2D eigenvalue weighted by Gasteiger charge is 2.25. The molecule has 0 bridgehead atoms. The van der Waals surface area contributed by atoms with E-state index in [2.05, 4.69) is 15.9 Å². The Kier molecular flexibility index (Phi) is 4.78. The molecule has 0 aliphatic heterocycles. The Balaban J connectivity index is 3.73. The quantitative estimate of drug-likeness (QED) is 0.597. The summed E-state index contributed by atoms with van der Waals surface area (Å²) in [4.78, 5) is 11.1. The molecule has 0 fully saturated rings. The molecule has 4 heteroatoms. The van der Waals surface area contributed by atoms with Crippen molar-refractivity contribution in [3.8, 4) is 0 Å². The van der Waals surface area contributed by atoms with Crippen LogP contribution in [0, 0.1) is 0 Å². The van der Waals surface area contributed by atoms with Crippen LogP contribution in [0.1, 0.15) is 27.2 Å². The van der Waals surface area contributed by atoms with Crippen molar-refractivity contribution in [1.29, 1.82) is 0 Å². The molecule has 3 nitrogen and oxygen atoms in total. The minimum atomic E-state index is -0.666. The minimum absolute atomic E-state index is 0.0738. The Morgan fingerprint density at radius 1 is 1.67 bits per heavy atom. The maximum absolute atomic E-state index is 11.1. The van der Waals surface area contributed by atoms with Crippen LogP contribution >= 0.6 is 15.9 Å². The maximum Gasteiger partial charge on any atom is 0.322 e. The Morgan fingerprint density at radius 3 is 2.50 bits per heavy atom. The number of aliphatic hydroxyl groups excluding tert-OH is 1. The van der Waals surface area contributed by atoms with E-state index in [-0.39, 0.29) is 12.6 Å². The zero-order valence-corrected chi connectivity index (χ0v) is 9.22. The van der Waals surface area contributed by atoms with Crippen molar-refractivity contribution in [1.82, 2.24) is 0 Å². The topological polar surface area (TPSA) is 46.5 Å². The molecule has 0 aromatic heterocycles. The van der Waals surface area contributed by atoms with E-state index in [0.29, 0.717) is 6.42 Å². The second-order valence-corrected chi connectivity index (χ2v) is 5.12. The molecule has 1 N–H and O–H groups in total. The lowest BCUT2D eigenvalue weighted by molar-refractivity contribution is -0.148. The molecule has 72 valence electrons. The van der Waals surface area contributed by atoms with E-state index >= 15 is 0 Å². The van der Waals surface area contributed by atoms with Gasteiger partial charge in [-0.05, 0) is 20.3 Å². The number of rotatable bonds is 4. The third-order valence-electron chi connectivity index (χ3n) is 1.36. The fourth-order valence-electron chi connectivity index (χ4n) is 0.461. The van der Waals surface area contributed by atoms with Gasteiger partial charge in [0.1, 0.15) is 10.9 Å². The summed E-state index contributed by atoms with van der Waals surface area (Å²) in [6.45, 7) is 5.31. The lowest BCUT2D eigenvalue weighted by Crippen LogP contribution is -2.29. The van der Waals surface area contributed by atoms with E-state index in [1.54, 1.807) is 13.8 Å². The Labute approximate surface area is 81.2 Å². The van der Waals surface area contributed by atoms with Crippen molar-refractivity contribution >= 4 is 21.9 Å². The molecule has 0 aromatic carbocycles. The van der Waals surface area contributed by atoms with Gasteiger partial charge in [-0.25, -0.2) is 0 Å². The second-order valence-electron chi connectivity index (χ2n) is 3.13. The molecular weight excluding hydrogens is 224 g/mol. The van der Waals surface area contributed by atoms with Crippen LogP contribution in [0.4, 0.5) is 0 Å². The predicted molar refractivity (Wildman–Crippen MR) is 50.3 cm³/mol. The van der Waals surface area contributed by atoms with E-state index in [1.807, 2.05) is 6.92 Å². The van der Waals surface area contributed by atoms with Crippen LogP contribution in [0.25, 0.3) is 0 Å². The van der Waals surface area contributed by atoms with Crippen molar-refractivity contribution in [3.63, 3.8) is 0 Å². The van der Waals surface area contributed by atoms with Gasteiger partial charge in [-0.2, -0.15) is 0 Å². The van der Waals surface area contributed by atoms with Gasteiger partial charge in [0.25, 0.3) is 0 Å². The lowest BCUT2D eigenvalue weighted by Gasteiger charge is -2.16. The van der Waals surface area contributed by atoms with Crippen molar-refractivity contribution in [2.45, 2.75) is 37.6 Å². The summed E-state index contributed by atoms with van der Waals surface area (Å²) < 4.78 is 4.16. The Morgan fingerprint density at radius 2 is 2.17 bits per heavy atom. The summed E-state index contributed by atoms with van der Waals surface area (Å²) in [5.74, 6) is -0.352. The molecule has 1 atom stereocenters. The molecule has 0 aromatic rings. The minimum Gasteiger partial charge on any atom is -0.462 e. The first-order chi connectivity index (χ1) is 5.38. The van der Waals surface area contributed by atoms with Crippen LogP contribution < -0.4 is 0 Å². The number of hydrogen-bond donors (Lipinski definition) is 1. The summed E-state index contributed by atoms with van der Waals surface area (Å²) in [6.07, 6.45) is 0.0412. The zero-order chi connectivity index (χ0) is 9.78. The number of esters is 1. The number of hydrogen-bond acceptors (Lipinski definition) is 3. The van der Waals surface area contributed by atoms with Gasteiger partial charge >= 0.3 is 5.97 Å². The number of carbonyl (C=O) groups excluding carboxylic acids is 1. The molecule has 0 amide bonds. The second kappa shape index (κ2) is 4.82. The third-order valence-corrected chi connectivity index (χ3v) is 1.69. The van der Waals surface area contributed by atoms with Crippen molar-refractivity contribution in [3.05, 3.63) is 0 Å². The number of alkyl halides is 1. The van der Waals surface area contributed by atoms with Gasteiger partial charge < -0.3 is 9.84 Å². The molecule has 0 spiro atoms. The van der Waals surface area contributed by atoms with Crippen LogP contribution in [-0.2, 0) is 9.53 Å². The van der Waals surface area contributed by atoms with Crippen molar-refractivity contribution in [2.24, 2.45) is 0 Å². The average Bonchev–Trinajstić information content (AvgIpc) is 1.97. The Bertz CT molecular complexity index is 151. The normalized spacial score (nSPS) is 14.1. The number of ether oxygens (including phenoxy) is 1. The van der Waals surface area contributed by atoms with Gasteiger partial charge in [0, 0.05) is 0 Å². The van der Waals surface area contributed by atoms with Gasteiger partial charge in [-0.15, -0.1) is 0 Å². The summed E-state index contributed by atoms with van der Waals surface area (Å²) in [5.41, 5.74) is 0. The number of halogens is 1. The standard InChI is InChI=1S/C8H15BrO3/c1-4-6(10)5-12-7(11)8(2,3)9/h6,10H,4-5H2,1-3H3. The van der Waals surface area contributed by atoms with E-state index in [0.717, 1.165) is 0 Å². The molecule has 12 heavy (non-hydrogen) atoms. The molecular formula is C8H15BrO3. The molecule has 0 radical (unpaired) electrons. The largest absolute Gasteiger partial charge is 0.462 e. The fourth-order valence-corrected chi connectivity index (χ4v) is 0.576. The highest BCUT2D eigenvalue weighted by molar-refractivity contribution is 9.10. The third kappa shape index (κ3) is 4.72. The predicted octanol–water partition coefficient (Wildman–Crippen LogP) is 1.47. The number of carbonyl (C=O) groups is 1. The van der Waals surface area contributed by atoms with Crippen molar-refractivity contribution < 1.29 is 14.6 Å². The highest BCUT2D eigenvalue weighted by Crippen LogP contribution is 2.17. The molecule has 1 unspecified atom stereocenters. The van der Waals surface area contributed by atoms with Gasteiger partial charge in [0.2, 0.25) is 0 Å². The van der Waals surface area contributed by atoms with Gasteiger partial charge in [0.05, 0.1) is 6.10 Å². The zero-order valence-electron chi connectivity index (χ0n) is 7.63. The summed E-state index contributed by atoms with van der Waals surface area (Å²) >= 11 is 3.16. The molecule has 0 saturated heterocycles. The van der Waals surface area contributed by atoms with E-state index in [1.165, 1.54) is 0 Å². The molecule has 0 rings (SSSR count). The summed E-state index contributed by atoms with van der Waals surface area (Å²) in [6, 6.07) is 0. The first-order valence-corrected chi connectivity index (χ1v) is 4.71. The molecule has 0 aliphatic carbocycles. The fraction of sp³-hybridized carbons (Fsp3) is 0.875. The summed E-state index contributed by atoms with van der Waals surface area (Å²) in [7, 11) is 0. The maximum atomic E-state index is 11.1. The van der Waals surface area contributed by atoms with E-state index in [9.17, 15) is 4.79 Å². The average molecular weight is 239 g/mol. The van der Waals surface area contributed by atoms with Crippen LogP contribution in [0.15, 0.2) is 0 Å². The molecule has 0 saturated carbocycles. The van der Waals surface area contributed by atoms with Gasteiger partial charge in [-0.3, -0.25) is 4.79 Å². The SMILES string of the molecule is CCC(O)COC(=O)C(C)(C)Br. The summed E-state index contributed by atoms with van der Waals surface area (Å²) in [5, 5.41) is 9.08. The first-order valence-electron chi connectivity index (χ1n) is 3.92. The van der Waals surface area contributed by atoms with Crippen LogP contribution in [0.2, 0.25) is 0 Å². The highest BCUT2D eigenvalue weighted by atomic mass is 79.9. The smallest absolute Gasteiger partial charge is 0.322 e. The number of aliphatic hydroxyl groups is 1. The van der Waals surface area contributed by atoms with Gasteiger partial charge in [-0.1, -0.05) is 22.9 Å². The van der Waals surface area contributed by atoms with Crippen LogP contribution in [0.5, 0.6) is 0 Å². The monoisotopic (exact) mass is 238 g/mol. The molecule has 0 heterocycles. The van der Waals surface area contributed by atoms with Crippen LogP contribution in [0.3, 0.4) is 0 Å². The van der Waals surface area contributed by atoms with E-state index in [4.69, 9.17) is 9.84 Å².